The van der Waals surface area contributed by atoms with Crippen LogP contribution in [0.2, 0.25) is 0 Å². The Bertz CT molecular complexity index is 221. The van der Waals surface area contributed by atoms with Crippen molar-refractivity contribution >= 4 is 0 Å². The second-order valence-corrected chi connectivity index (χ2v) is 6.68. The second kappa shape index (κ2) is 10.6. The summed E-state index contributed by atoms with van der Waals surface area (Å²) in [6.07, 6.45) is 14.6. The zero-order chi connectivity index (χ0) is 14.7. The SMILES string of the molecule is CCCCCCCCOC1(CNC)CCC(CC)CC1. The first-order valence-corrected chi connectivity index (χ1v) is 9.05. The van der Waals surface area contributed by atoms with Crippen molar-refractivity contribution in [2.75, 3.05) is 20.2 Å². The summed E-state index contributed by atoms with van der Waals surface area (Å²) in [5.74, 6) is 0.942. The molecule has 1 N–H and O–H groups in total. The van der Waals surface area contributed by atoms with Gasteiger partial charge in [-0.1, -0.05) is 52.4 Å². The van der Waals surface area contributed by atoms with E-state index >= 15 is 0 Å². The van der Waals surface area contributed by atoms with Gasteiger partial charge in [-0.25, -0.2) is 0 Å². The lowest BCUT2D eigenvalue weighted by molar-refractivity contribution is -0.0767. The minimum absolute atomic E-state index is 0.143. The van der Waals surface area contributed by atoms with Crippen LogP contribution >= 0.6 is 0 Å². The van der Waals surface area contributed by atoms with Gasteiger partial charge in [-0.3, -0.25) is 0 Å². The summed E-state index contributed by atoms with van der Waals surface area (Å²) < 4.78 is 6.35. The fourth-order valence-corrected chi connectivity index (χ4v) is 3.48. The van der Waals surface area contributed by atoms with Gasteiger partial charge >= 0.3 is 0 Å². The summed E-state index contributed by atoms with van der Waals surface area (Å²) in [4.78, 5) is 0. The molecule has 0 atom stereocenters. The third kappa shape index (κ3) is 6.58. The molecule has 0 heterocycles. The molecule has 0 saturated heterocycles. The van der Waals surface area contributed by atoms with Crippen LogP contribution in [0.5, 0.6) is 0 Å². The lowest BCUT2D eigenvalue weighted by atomic mass is 9.77. The molecule has 1 aliphatic carbocycles. The summed E-state index contributed by atoms with van der Waals surface area (Å²) in [7, 11) is 2.06. The van der Waals surface area contributed by atoms with Crippen molar-refractivity contribution in [2.24, 2.45) is 5.92 Å². The highest BCUT2D eigenvalue weighted by atomic mass is 16.5. The van der Waals surface area contributed by atoms with E-state index in [1.165, 1.54) is 70.6 Å². The van der Waals surface area contributed by atoms with Crippen LogP contribution in [0, 0.1) is 5.92 Å². The first-order valence-electron chi connectivity index (χ1n) is 9.05. The Balaban J connectivity index is 2.19. The molecule has 1 saturated carbocycles. The molecule has 20 heavy (non-hydrogen) atoms. The highest BCUT2D eigenvalue weighted by Gasteiger charge is 2.34. The minimum Gasteiger partial charge on any atom is -0.374 e. The van der Waals surface area contributed by atoms with Gasteiger partial charge in [-0.2, -0.15) is 0 Å². The van der Waals surface area contributed by atoms with E-state index < -0.39 is 0 Å². The summed E-state index contributed by atoms with van der Waals surface area (Å²) in [5, 5.41) is 3.35. The van der Waals surface area contributed by atoms with Gasteiger partial charge < -0.3 is 10.1 Å². The average molecular weight is 284 g/mol. The molecule has 1 fully saturated rings. The zero-order valence-corrected chi connectivity index (χ0v) is 14.2. The van der Waals surface area contributed by atoms with Crippen molar-refractivity contribution in [1.82, 2.24) is 5.32 Å². The number of rotatable bonds is 11. The molecule has 2 nitrogen and oxygen atoms in total. The Morgan fingerprint density at radius 1 is 1.00 bits per heavy atom. The number of hydrogen-bond acceptors (Lipinski definition) is 2. The highest BCUT2D eigenvalue weighted by Crippen LogP contribution is 2.36. The number of likely N-dealkylation sites (N-methyl/N-ethyl adjacent to an activating group) is 1. The van der Waals surface area contributed by atoms with Gasteiger partial charge in [0.25, 0.3) is 0 Å². The molecule has 0 aromatic rings. The molecule has 0 aromatic heterocycles. The van der Waals surface area contributed by atoms with E-state index in [0.29, 0.717) is 0 Å². The number of unbranched alkanes of at least 4 members (excludes halogenated alkanes) is 5. The van der Waals surface area contributed by atoms with E-state index in [2.05, 4.69) is 26.2 Å². The van der Waals surface area contributed by atoms with Crippen LogP contribution < -0.4 is 5.32 Å². The van der Waals surface area contributed by atoms with E-state index in [1.54, 1.807) is 0 Å². The molecule has 0 aliphatic heterocycles. The Hall–Kier alpha value is -0.0800. The van der Waals surface area contributed by atoms with Gasteiger partial charge in [0, 0.05) is 13.2 Å². The Morgan fingerprint density at radius 3 is 2.25 bits per heavy atom. The Kier molecular flexibility index (Phi) is 9.54. The predicted octanol–water partition coefficient (Wildman–Crippen LogP) is 4.92. The summed E-state index contributed by atoms with van der Waals surface area (Å²) in [6, 6.07) is 0. The number of hydrogen-bond donors (Lipinski definition) is 1. The van der Waals surface area contributed by atoms with Crippen molar-refractivity contribution in [3.05, 3.63) is 0 Å². The summed E-state index contributed by atoms with van der Waals surface area (Å²) >= 11 is 0. The zero-order valence-electron chi connectivity index (χ0n) is 14.2. The smallest absolute Gasteiger partial charge is 0.0806 e. The lowest BCUT2D eigenvalue weighted by Crippen LogP contribution is -2.45. The molecule has 2 heteroatoms. The Labute approximate surface area is 127 Å². The highest BCUT2D eigenvalue weighted by molar-refractivity contribution is 4.88. The lowest BCUT2D eigenvalue weighted by Gasteiger charge is -2.40. The molecular weight excluding hydrogens is 246 g/mol. The van der Waals surface area contributed by atoms with E-state index in [-0.39, 0.29) is 5.60 Å². The van der Waals surface area contributed by atoms with Crippen LogP contribution in [0.15, 0.2) is 0 Å². The van der Waals surface area contributed by atoms with Gasteiger partial charge in [-0.15, -0.1) is 0 Å². The number of nitrogens with one attached hydrogen (secondary N) is 1. The van der Waals surface area contributed by atoms with E-state index in [4.69, 9.17) is 4.74 Å². The molecule has 1 rings (SSSR count). The van der Waals surface area contributed by atoms with Gasteiger partial charge in [-0.05, 0) is 45.1 Å². The van der Waals surface area contributed by atoms with Crippen LogP contribution in [-0.4, -0.2) is 25.8 Å². The van der Waals surface area contributed by atoms with E-state index in [1.807, 2.05) is 0 Å². The third-order valence-electron chi connectivity index (χ3n) is 5.00. The molecule has 0 radical (unpaired) electrons. The van der Waals surface area contributed by atoms with Crippen LogP contribution in [0.1, 0.15) is 84.5 Å². The summed E-state index contributed by atoms with van der Waals surface area (Å²) in [5.41, 5.74) is 0.143. The van der Waals surface area contributed by atoms with Crippen LogP contribution in [0.3, 0.4) is 0 Å². The number of ether oxygens (including phenoxy) is 1. The maximum Gasteiger partial charge on any atom is 0.0806 e. The van der Waals surface area contributed by atoms with Crippen molar-refractivity contribution in [1.29, 1.82) is 0 Å². The van der Waals surface area contributed by atoms with Crippen LogP contribution in [-0.2, 0) is 4.74 Å². The fraction of sp³-hybridized carbons (Fsp3) is 1.00. The first kappa shape index (κ1) is 18.0. The van der Waals surface area contributed by atoms with Crippen LogP contribution in [0.4, 0.5) is 0 Å². The van der Waals surface area contributed by atoms with E-state index in [9.17, 15) is 0 Å². The monoisotopic (exact) mass is 283 g/mol. The summed E-state index contributed by atoms with van der Waals surface area (Å²) in [6.45, 7) is 6.59. The van der Waals surface area contributed by atoms with Crippen molar-refractivity contribution in [3.63, 3.8) is 0 Å². The molecule has 1 aliphatic rings. The third-order valence-corrected chi connectivity index (χ3v) is 5.00. The fourth-order valence-electron chi connectivity index (χ4n) is 3.48. The second-order valence-electron chi connectivity index (χ2n) is 6.68. The topological polar surface area (TPSA) is 21.3 Å². The molecule has 0 spiro atoms. The molecule has 0 amide bonds. The quantitative estimate of drug-likeness (QED) is 0.543. The predicted molar refractivity (Wildman–Crippen MR) is 88.2 cm³/mol. The van der Waals surface area contributed by atoms with Crippen molar-refractivity contribution in [3.8, 4) is 0 Å². The average Bonchev–Trinajstić information content (AvgIpc) is 2.47. The van der Waals surface area contributed by atoms with Gasteiger partial charge in [0.05, 0.1) is 5.60 Å². The Morgan fingerprint density at radius 2 is 1.65 bits per heavy atom. The van der Waals surface area contributed by atoms with Crippen LogP contribution in [0.25, 0.3) is 0 Å². The normalized spacial score (nSPS) is 26.9. The first-order chi connectivity index (χ1) is 9.76. The van der Waals surface area contributed by atoms with Gasteiger partial charge in [0.2, 0.25) is 0 Å². The van der Waals surface area contributed by atoms with E-state index in [0.717, 1.165) is 19.1 Å². The maximum atomic E-state index is 6.35. The van der Waals surface area contributed by atoms with Crippen molar-refractivity contribution in [2.45, 2.75) is 90.1 Å². The molecular formula is C18H37NO. The largest absolute Gasteiger partial charge is 0.374 e. The molecule has 0 aromatic carbocycles. The molecule has 120 valence electrons. The van der Waals surface area contributed by atoms with Crippen molar-refractivity contribution < 1.29 is 4.74 Å². The molecule has 0 bridgehead atoms. The maximum absolute atomic E-state index is 6.35. The van der Waals surface area contributed by atoms with Gasteiger partial charge in [0.15, 0.2) is 0 Å². The standard InChI is InChI=1S/C18H37NO/c1-4-6-7-8-9-10-15-20-18(16-19-3)13-11-17(5-2)12-14-18/h17,19H,4-16H2,1-3H3. The minimum atomic E-state index is 0.143. The van der Waals surface area contributed by atoms with Gasteiger partial charge in [0.1, 0.15) is 0 Å². The molecule has 0 unspecified atom stereocenters.